The van der Waals surface area contributed by atoms with Gasteiger partial charge in [-0.25, -0.2) is 5.01 Å². The molecule has 5 heteroatoms. The van der Waals surface area contributed by atoms with Gasteiger partial charge >= 0.3 is 0 Å². The molecule has 0 aliphatic carbocycles. The summed E-state index contributed by atoms with van der Waals surface area (Å²) in [7, 11) is 0. The number of aromatic nitrogens is 1. The van der Waals surface area contributed by atoms with Gasteiger partial charge in [-0.15, -0.1) is 0 Å². The largest absolute Gasteiger partial charge is 0.321 e. The topological polar surface area (TPSA) is 65.5 Å². The SMILES string of the molecule is CCC(=O)N1N=C(c2c(-c3ccccc3)c3cc(C)ccc3[nH]c2=O)C[C@@H]1c1cccc(C)c1. The standard InChI is InChI=1S/C29H27N3O2/c1-4-26(33)32-25(21-12-8-9-18(2)15-21)17-24(31-32)28-27(20-10-6-5-7-11-20)22-16-19(3)13-14-23(22)30-29(28)34/h5-16,25H,4,17H2,1-3H3,(H,30,34)/t25-/m1/s1. The average Bonchev–Trinajstić information content (AvgIpc) is 3.28. The molecular weight excluding hydrogens is 422 g/mol. The normalized spacial score (nSPS) is 15.6. The molecule has 1 atom stereocenters. The molecule has 3 aromatic carbocycles. The highest BCUT2D eigenvalue weighted by atomic mass is 16.2. The maximum Gasteiger partial charge on any atom is 0.258 e. The van der Waals surface area contributed by atoms with Crippen molar-refractivity contribution >= 4 is 22.5 Å². The quantitative estimate of drug-likeness (QED) is 0.422. The summed E-state index contributed by atoms with van der Waals surface area (Å²) in [6.07, 6.45) is 0.827. The average molecular weight is 450 g/mol. The molecule has 1 amide bonds. The first-order valence-electron chi connectivity index (χ1n) is 11.6. The molecule has 1 aliphatic heterocycles. The van der Waals surface area contributed by atoms with E-state index in [1.165, 1.54) is 0 Å². The number of rotatable bonds is 4. The van der Waals surface area contributed by atoms with Gasteiger partial charge in [0, 0.05) is 29.3 Å². The number of pyridine rings is 1. The number of hydrazone groups is 1. The minimum atomic E-state index is -0.237. The molecule has 2 heterocycles. The van der Waals surface area contributed by atoms with Crippen LogP contribution in [0.4, 0.5) is 0 Å². The fraction of sp³-hybridized carbons (Fsp3) is 0.207. The van der Waals surface area contributed by atoms with Crippen LogP contribution in [0.1, 0.15) is 48.1 Å². The summed E-state index contributed by atoms with van der Waals surface area (Å²) in [5, 5.41) is 7.31. The molecule has 0 saturated carbocycles. The lowest BCUT2D eigenvalue weighted by Crippen LogP contribution is -2.26. The predicted molar refractivity (Wildman–Crippen MR) is 137 cm³/mol. The molecule has 34 heavy (non-hydrogen) atoms. The number of nitrogens with one attached hydrogen (secondary N) is 1. The number of benzene rings is 3. The van der Waals surface area contributed by atoms with E-state index in [4.69, 9.17) is 5.10 Å². The van der Waals surface area contributed by atoms with Crippen LogP contribution in [0.15, 0.2) is 82.7 Å². The van der Waals surface area contributed by atoms with Crippen LogP contribution < -0.4 is 5.56 Å². The molecule has 0 spiro atoms. The van der Waals surface area contributed by atoms with Crippen molar-refractivity contribution in [2.24, 2.45) is 5.10 Å². The minimum absolute atomic E-state index is 0.0594. The Morgan fingerprint density at radius 3 is 2.47 bits per heavy atom. The highest BCUT2D eigenvalue weighted by Crippen LogP contribution is 2.37. The number of H-pyrrole nitrogens is 1. The Morgan fingerprint density at radius 2 is 1.74 bits per heavy atom. The number of nitrogens with zero attached hydrogens (tertiary/aromatic N) is 2. The second kappa shape index (κ2) is 8.75. The lowest BCUT2D eigenvalue weighted by Gasteiger charge is -2.21. The van der Waals surface area contributed by atoms with Gasteiger partial charge in [0.05, 0.1) is 17.3 Å². The molecule has 1 aliphatic rings. The maximum absolute atomic E-state index is 13.5. The monoisotopic (exact) mass is 449 g/mol. The van der Waals surface area contributed by atoms with E-state index in [2.05, 4.69) is 17.1 Å². The van der Waals surface area contributed by atoms with Crippen LogP contribution in [0.25, 0.3) is 22.0 Å². The summed E-state index contributed by atoms with van der Waals surface area (Å²) in [5.74, 6) is -0.0594. The summed E-state index contributed by atoms with van der Waals surface area (Å²) in [6.45, 7) is 5.92. The lowest BCUT2D eigenvalue weighted by molar-refractivity contribution is -0.132. The van der Waals surface area contributed by atoms with Gasteiger partial charge in [0.2, 0.25) is 5.91 Å². The summed E-state index contributed by atoms with van der Waals surface area (Å²) in [4.78, 5) is 29.4. The molecule has 170 valence electrons. The summed E-state index contributed by atoms with van der Waals surface area (Å²) >= 11 is 0. The number of fused-ring (bicyclic) bond motifs is 1. The van der Waals surface area contributed by atoms with Crippen molar-refractivity contribution in [2.75, 3.05) is 0 Å². The van der Waals surface area contributed by atoms with Gasteiger partial charge in [-0.3, -0.25) is 9.59 Å². The third-order valence-electron chi connectivity index (χ3n) is 6.42. The van der Waals surface area contributed by atoms with Crippen LogP contribution in [0.5, 0.6) is 0 Å². The van der Waals surface area contributed by atoms with Gasteiger partial charge in [0.15, 0.2) is 0 Å². The fourth-order valence-corrected chi connectivity index (χ4v) is 4.78. The Labute approximate surface area is 198 Å². The Balaban J connectivity index is 1.75. The highest BCUT2D eigenvalue weighted by molar-refractivity contribution is 6.13. The van der Waals surface area contributed by atoms with E-state index in [1.807, 2.05) is 81.4 Å². The minimum Gasteiger partial charge on any atom is -0.321 e. The zero-order valence-corrected chi connectivity index (χ0v) is 19.6. The first-order chi connectivity index (χ1) is 16.5. The smallest absolute Gasteiger partial charge is 0.258 e. The zero-order valence-electron chi connectivity index (χ0n) is 19.6. The van der Waals surface area contributed by atoms with Crippen molar-refractivity contribution in [1.82, 2.24) is 9.99 Å². The summed E-state index contributed by atoms with van der Waals surface area (Å²) < 4.78 is 0. The number of carbonyl (C=O) groups excluding carboxylic acids is 1. The molecule has 5 rings (SSSR count). The van der Waals surface area contributed by atoms with E-state index in [0.717, 1.165) is 38.7 Å². The van der Waals surface area contributed by atoms with Crippen molar-refractivity contribution in [3.05, 3.63) is 105 Å². The van der Waals surface area contributed by atoms with Gasteiger partial charge in [0.1, 0.15) is 0 Å². The molecule has 0 bridgehead atoms. The maximum atomic E-state index is 13.5. The molecule has 0 saturated heterocycles. The Bertz CT molecular complexity index is 1480. The van der Waals surface area contributed by atoms with Crippen molar-refractivity contribution in [2.45, 2.75) is 39.7 Å². The number of amides is 1. The molecule has 1 aromatic heterocycles. The van der Waals surface area contributed by atoms with Crippen LogP contribution in [-0.4, -0.2) is 21.6 Å². The Morgan fingerprint density at radius 1 is 0.971 bits per heavy atom. The van der Waals surface area contributed by atoms with Crippen molar-refractivity contribution in [3.63, 3.8) is 0 Å². The van der Waals surface area contributed by atoms with E-state index in [-0.39, 0.29) is 17.5 Å². The molecule has 0 radical (unpaired) electrons. The molecule has 0 fully saturated rings. The zero-order chi connectivity index (χ0) is 23.8. The molecular formula is C29H27N3O2. The number of aromatic amines is 1. The second-order valence-corrected chi connectivity index (χ2v) is 8.89. The number of carbonyl (C=O) groups is 1. The van der Waals surface area contributed by atoms with Gasteiger partial charge < -0.3 is 4.98 Å². The van der Waals surface area contributed by atoms with Crippen LogP contribution in [0, 0.1) is 13.8 Å². The highest BCUT2D eigenvalue weighted by Gasteiger charge is 2.34. The Hall–Kier alpha value is -3.99. The summed E-state index contributed by atoms with van der Waals surface area (Å²) in [6, 6.07) is 23.9. The van der Waals surface area contributed by atoms with Crippen LogP contribution in [0.3, 0.4) is 0 Å². The first kappa shape index (κ1) is 21.8. The van der Waals surface area contributed by atoms with Crippen molar-refractivity contribution in [3.8, 4) is 11.1 Å². The number of aryl methyl sites for hydroxylation is 2. The third-order valence-corrected chi connectivity index (χ3v) is 6.42. The third kappa shape index (κ3) is 3.83. The first-order valence-corrected chi connectivity index (χ1v) is 11.6. The molecule has 0 unspecified atom stereocenters. The second-order valence-electron chi connectivity index (χ2n) is 8.89. The summed E-state index contributed by atoms with van der Waals surface area (Å²) in [5.41, 5.74) is 6.83. The number of hydrogen-bond acceptors (Lipinski definition) is 3. The van der Waals surface area contributed by atoms with Gasteiger partial charge in [-0.1, -0.05) is 78.7 Å². The van der Waals surface area contributed by atoms with E-state index >= 15 is 0 Å². The fourth-order valence-electron chi connectivity index (χ4n) is 4.78. The van der Waals surface area contributed by atoms with Crippen LogP contribution in [0.2, 0.25) is 0 Å². The lowest BCUT2D eigenvalue weighted by atomic mass is 9.90. The molecule has 5 nitrogen and oxygen atoms in total. The van der Waals surface area contributed by atoms with E-state index in [1.54, 1.807) is 5.01 Å². The van der Waals surface area contributed by atoms with Crippen LogP contribution >= 0.6 is 0 Å². The van der Waals surface area contributed by atoms with Crippen LogP contribution in [-0.2, 0) is 4.79 Å². The van der Waals surface area contributed by atoms with Crippen molar-refractivity contribution in [1.29, 1.82) is 0 Å². The number of hydrogen-bond donors (Lipinski definition) is 1. The predicted octanol–water partition coefficient (Wildman–Crippen LogP) is 5.90. The van der Waals surface area contributed by atoms with E-state index in [9.17, 15) is 9.59 Å². The molecule has 1 N–H and O–H groups in total. The van der Waals surface area contributed by atoms with Crippen molar-refractivity contribution < 1.29 is 4.79 Å². The van der Waals surface area contributed by atoms with Gasteiger partial charge in [-0.2, -0.15) is 5.10 Å². The van der Waals surface area contributed by atoms with E-state index in [0.29, 0.717) is 24.1 Å². The molecule has 4 aromatic rings. The Kier molecular flexibility index (Phi) is 5.62. The van der Waals surface area contributed by atoms with E-state index < -0.39 is 0 Å². The van der Waals surface area contributed by atoms with Gasteiger partial charge in [-0.05, 0) is 37.1 Å². The van der Waals surface area contributed by atoms with Gasteiger partial charge in [0.25, 0.3) is 5.56 Å².